The van der Waals surface area contributed by atoms with Crippen LogP contribution in [0.4, 0.5) is 0 Å². The number of aromatic nitrogens is 2. The van der Waals surface area contributed by atoms with Crippen LogP contribution in [0.5, 0.6) is 0 Å². The Labute approximate surface area is 171 Å². The number of aryl methyl sites for hydroxylation is 1. The van der Waals surface area contributed by atoms with E-state index >= 15 is 0 Å². The lowest BCUT2D eigenvalue weighted by Gasteiger charge is -2.26. The smallest absolute Gasteiger partial charge is 0.328 e. The third-order valence-electron chi connectivity index (χ3n) is 4.92. The van der Waals surface area contributed by atoms with Gasteiger partial charge >= 0.3 is 5.97 Å². The highest BCUT2D eigenvalue weighted by molar-refractivity contribution is 7.93. The van der Waals surface area contributed by atoms with Crippen molar-refractivity contribution in [2.75, 3.05) is 6.61 Å². The molecule has 0 radical (unpaired) electrons. The summed E-state index contributed by atoms with van der Waals surface area (Å²) in [5.74, 6) is -0.782. The zero-order valence-electron chi connectivity index (χ0n) is 16.7. The molecule has 1 unspecified atom stereocenters. The van der Waals surface area contributed by atoms with Gasteiger partial charge in [0.15, 0.2) is 4.75 Å². The SMILES string of the molecule is CCOC(=O)C(C)(Cc1ccc(-c2ccccc2)cc1)S(=O)(=O)c1nccn1C. The van der Waals surface area contributed by atoms with E-state index in [9.17, 15) is 13.2 Å². The molecule has 0 bridgehead atoms. The van der Waals surface area contributed by atoms with Crippen molar-refractivity contribution in [1.82, 2.24) is 9.55 Å². The first-order valence-corrected chi connectivity index (χ1v) is 10.8. The fourth-order valence-corrected chi connectivity index (χ4v) is 4.89. The van der Waals surface area contributed by atoms with Crippen molar-refractivity contribution in [3.05, 3.63) is 72.6 Å². The summed E-state index contributed by atoms with van der Waals surface area (Å²) in [6, 6.07) is 17.4. The Morgan fingerprint density at radius 1 is 1.07 bits per heavy atom. The van der Waals surface area contributed by atoms with E-state index in [1.807, 2.05) is 54.6 Å². The Bertz CT molecular complexity index is 1090. The highest BCUT2D eigenvalue weighted by Gasteiger charge is 2.50. The van der Waals surface area contributed by atoms with Crippen molar-refractivity contribution in [2.24, 2.45) is 7.05 Å². The average Bonchev–Trinajstić information content (AvgIpc) is 3.16. The number of sulfone groups is 1. The van der Waals surface area contributed by atoms with Crippen LogP contribution in [-0.2, 0) is 32.8 Å². The summed E-state index contributed by atoms with van der Waals surface area (Å²) in [5, 5.41) is -0.158. The summed E-state index contributed by atoms with van der Waals surface area (Å²) in [6.45, 7) is 3.15. The molecule has 0 amide bonds. The van der Waals surface area contributed by atoms with Crippen LogP contribution in [0.2, 0.25) is 0 Å². The summed E-state index contributed by atoms with van der Waals surface area (Å²) in [4.78, 5) is 16.7. The average molecular weight is 413 g/mol. The molecule has 1 heterocycles. The monoisotopic (exact) mass is 412 g/mol. The van der Waals surface area contributed by atoms with Crippen LogP contribution in [0.15, 0.2) is 72.1 Å². The Morgan fingerprint density at radius 2 is 1.69 bits per heavy atom. The standard InChI is InChI=1S/C22H24N2O4S/c1-4-28-20(25)22(2,29(26,27)21-23-14-15-24(21)3)16-17-10-12-19(13-11-17)18-8-6-5-7-9-18/h5-15H,4,16H2,1-3H3. The molecule has 29 heavy (non-hydrogen) atoms. The van der Waals surface area contributed by atoms with Crippen LogP contribution in [0.1, 0.15) is 19.4 Å². The topological polar surface area (TPSA) is 78.3 Å². The predicted octanol–water partition coefficient (Wildman–Crippen LogP) is 3.43. The quantitative estimate of drug-likeness (QED) is 0.556. The van der Waals surface area contributed by atoms with Gasteiger partial charge in [-0.1, -0.05) is 54.6 Å². The van der Waals surface area contributed by atoms with Crippen LogP contribution in [0, 0.1) is 0 Å². The molecule has 0 fully saturated rings. The highest BCUT2D eigenvalue weighted by Crippen LogP contribution is 2.31. The minimum Gasteiger partial charge on any atom is -0.465 e. The van der Waals surface area contributed by atoms with Gasteiger partial charge in [0.25, 0.3) is 0 Å². The van der Waals surface area contributed by atoms with Gasteiger partial charge in [-0.15, -0.1) is 0 Å². The molecule has 0 aliphatic heterocycles. The van der Waals surface area contributed by atoms with Crippen LogP contribution in [-0.4, -0.2) is 35.3 Å². The van der Waals surface area contributed by atoms with Crippen LogP contribution >= 0.6 is 0 Å². The number of carbonyl (C=O) groups excluding carboxylic acids is 1. The molecule has 0 spiro atoms. The van der Waals surface area contributed by atoms with Gasteiger partial charge in [0, 0.05) is 25.9 Å². The number of imidazole rings is 1. The molecule has 1 aromatic heterocycles. The maximum absolute atomic E-state index is 13.4. The number of hydrogen-bond acceptors (Lipinski definition) is 5. The van der Waals surface area contributed by atoms with Crippen molar-refractivity contribution >= 4 is 15.8 Å². The minimum atomic E-state index is -4.09. The maximum Gasteiger partial charge on any atom is 0.328 e. The van der Waals surface area contributed by atoms with E-state index in [2.05, 4.69) is 4.98 Å². The number of hydrogen-bond donors (Lipinski definition) is 0. The molecule has 0 N–H and O–H groups in total. The van der Waals surface area contributed by atoms with E-state index < -0.39 is 20.6 Å². The normalized spacial score (nSPS) is 13.6. The van der Waals surface area contributed by atoms with Crippen LogP contribution < -0.4 is 0 Å². The molecule has 0 aliphatic rings. The minimum absolute atomic E-state index is 0.0178. The number of esters is 1. The molecule has 0 saturated heterocycles. The van der Waals surface area contributed by atoms with Crippen molar-refractivity contribution < 1.29 is 17.9 Å². The molecule has 3 aromatic rings. The second-order valence-corrected chi connectivity index (χ2v) is 9.29. The van der Waals surface area contributed by atoms with Crippen LogP contribution in [0.25, 0.3) is 11.1 Å². The Hall–Kier alpha value is -2.93. The van der Waals surface area contributed by atoms with E-state index in [1.165, 1.54) is 23.9 Å². The Balaban J connectivity index is 1.98. The number of nitrogens with zero attached hydrogens (tertiary/aromatic N) is 2. The third-order valence-corrected chi connectivity index (χ3v) is 7.29. The summed E-state index contributed by atoms with van der Waals surface area (Å²) >= 11 is 0. The molecular weight excluding hydrogens is 388 g/mol. The van der Waals surface area contributed by atoms with Gasteiger partial charge in [-0.25, -0.2) is 13.4 Å². The second kappa shape index (κ2) is 8.21. The van der Waals surface area contributed by atoms with Gasteiger partial charge < -0.3 is 9.30 Å². The summed E-state index contributed by atoms with van der Waals surface area (Å²) in [5.41, 5.74) is 2.80. The number of rotatable bonds is 7. The number of ether oxygens (including phenoxy) is 1. The predicted molar refractivity (Wildman–Crippen MR) is 111 cm³/mol. The Morgan fingerprint density at radius 3 is 2.24 bits per heavy atom. The maximum atomic E-state index is 13.4. The van der Waals surface area contributed by atoms with Crippen molar-refractivity contribution in [3.8, 4) is 11.1 Å². The van der Waals surface area contributed by atoms with Gasteiger partial charge in [-0.2, -0.15) is 0 Å². The first-order chi connectivity index (χ1) is 13.8. The molecule has 1 atom stereocenters. The molecule has 7 heteroatoms. The largest absolute Gasteiger partial charge is 0.465 e. The first-order valence-electron chi connectivity index (χ1n) is 9.33. The molecule has 3 rings (SSSR count). The van der Waals surface area contributed by atoms with E-state index in [-0.39, 0.29) is 18.2 Å². The molecule has 2 aromatic carbocycles. The van der Waals surface area contributed by atoms with E-state index in [1.54, 1.807) is 14.0 Å². The fraction of sp³-hybridized carbons (Fsp3) is 0.273. The van der Waals surface area contributed by atoms with Gasteiger partial charge in [-0.05, 0) is 30.5 Å². The lowest BCUT2D eigenvalue weighted by Crippen LogP contribution is -2.47. The van der Waals surface area contributed by atoms with Gasteiger partial charge in [0.2, 0.25) is 15.0 Å². The zero-order chi connectivity index (χ0) is 21.1. The zero-order valence-corrected chi connectivity index (χ0v) is 17.5. The van der Waals surface area contributed by atoms with Crippen molar-refractivity contribution in [3.63, 3.8) is 0 Å². The molecule has 0 aliphatic carbocycles. The fourth-order valence-electron chi connectivity index (χ4n) is 3.21. The third kappa shape index (κ3) is 3.96. The van der Waals surface area contributed by atoms with Gasteiger partial charge in [-0.3, -0.25) is 4.79 Å². The van der Waals surface area contributed by atoms with Crippen molar-refractivity contribution in [1.29, 1.82) is 0 Å². The number of benzene rings is 2. The molecule has 152 valence electrons. The van der Waals surface area contributed by atoms with E-state index in [4.69, 9.17) is 4.74 Å². The van der Waals surface area contributed by atoms with Crippen molar-refractivity contribution in [2.45, 2.75) is 30.2 Å². The molecule has 6 nitrogen and oxygen atoms in total. The van der Waals surface area contributed by atoms with E-state index in [0.717, 1.165) is 16.7 Å². The highest BCUT2D eigenvalue weighted by atomic mass is 32.2. The lowest BCUT2D eigenvalue weighted by molar-refractivity contribution is -0.145. The summed E-state index contributed by atoms with van der Waals surface area (Å²) in [6.07, 6.45) is 2.91. The number of carbonyl (C=O) groups is 1. The summed E-state index contributed by atoms with van der Waals surface area (Å²) in [7, 11) is -2.51. The first kappa shape index (κ1) is 20.8. The molecular formula is C22H24N2O4S. The van der Waals surface area contributed by atoms with E-state index in [0.29, 0.717) is 0 Å². The van der Waals surface area contributed by atoms with Gasteiger partial charge in [0.1, 0.15) is 0 Å². The second-order valence-electron chi connectivity index (χ2n) is 7.02. The van der Waals surface area contributed by atoms with Crippen LogP contribution in [0.3, 0.4) is 0 Å². The summed E-state index contributed by atoms with van der Waals surface area (Å²) < 4.78 is 31.5. The van der Waals surface area contributed by atoms with Gasteiger partial charge in [0.05, 0.1) is 6.61 Å². The Kier molecular flexibility index (Phi) is 5.88. The molecule has 0 saturated carbocycles. The lowest BCUT2D eigenvalue weighted by atomic mass is 9.97.